The molecule has 2 aromatic carbocycles. The fourth-order valence-corrected chi connectivity index (χ4v) is 4.08. The number of nitrogens with one attached hydrogen (secondary N) is 1. The van der Waals surface area contributed by atoms with Gasteiger partial charge in [0.2, 0.25) is 27.6 Å². The molecule has 8 nitrogen and oxygen atoms in total. The molecule has 0 aliphatic heterocycles. The molecule has 0 fully saturated rings. The van der Waals surface area contributed by atoms with Gasteiger partial charge in [-0.25, -0.2) is 17.2 Å². The fourth-order valence-electron chi connectivity index (χ4n) is 2.78. The van der Waals surface area contributed by atoms with E-state index >= 15 is 0 Å². The number of anilines is 1. The van der Waals surface area contributed by atoms with E-state index in [1.54, 1.807) is 24.3 Å². The summed E-state index contributed by atoms with van der Waals surface area (Å²) in [5, 5.41) is 6.85. The lowest BCUT2D eigenvalue weighted by Crippen LogP contribution is -2.47. The molecule has 1 aromatic heterocycles. The van der Waals surface area contributed by atoms with Crippen LogP contribution in [0.5, 0.6) is 0 Å². The molecular weight excluding hydrogens is 454 g/mol. The highest BCUT2D eigenvalue weighted by Gasteiger charge is 2.30. The molecule has 0 unspecified atom stereocenters. The highest BCUT2D eigenvalue weighted by Crippen LogP contribution is 2.23. The van der Waals surface area contributed by atoms with Crippen LogP contribution >= 0.6 is 11.6 Å². The van der Waals surface area contributed by atoms with E-state index < -0.39 is 33.6 Å². The maximum absolute atomic E-state index is 13.6. The molecule has 0 bridgehead atoms. The maximum Gasteiger partial charge on any atom is 0.246 e. The first-order chi connectivity index (χ1) is 14.6. The van der Waals surface area contributed by atoms with E-state index in [0.29, 0.717) is 21.0 Å². The maximum atomic E-state index is 13.6. The molecule has 0 aliphatic carbocycles. The summed E-state index contributed by atoms with van der Waals surface area (Å²) in [7, 11) is -3.99. The first-order valence-corrected chi connectivity index (χ1v) is 11.1. The average Bonchev–Trinajstić information content (AvgIpc) is 3.17. The standard InChI is InChI=1S/C19H17ClF2N4O4S/c1-11(26(31(2,28)29)14-7-8-15(21)16(22)9-14)19(27)23-10-17-24-18(25-30-17)12-3-5-13(20)6-4-12/h3-9,11H,10H2,1-2H3,(H,23,27)/t11-/m0/s1. The van der Waals surface area contributed by atoms with E-state index in [9.17, 15) is 22.0 Å². The summed E-state index contributed by atoms with van der Waals surface area (Å²) >= 11 is 5.84. The van der Waals surface area contributed by atoms with E-state index in [4.69, 9.17) is 16.1 Å². The van der Waals surface area contributed by atoms with E-state index in [2.05, 4.69) is 15.5 Å². The fraction of sp³-hybridized carbons (Fsp3) is 0.211. The van der Waals surface area contributed by atoms with Crippen molar-refractivity contribution < 1.29 is 26.5 Å². The zero-order valence-corrected chi connectivity index (χ0v) is 17.9. The Bertz CT molecular complexity index is 1200. The molecule has 0 spiro atoms. The third kappa shape index (κ3) is 5.36. The zero-order valence-electron chi connectivity index (χ0n) is 16.3. The van der Waals surface area contributed by atoms with Crippen molar-refractivity contribution >= 4 is 33.2 Å². The Kier molecular flexibility index (Phi) is 6.56. The Labute approximate surface area is 181 Å². The van der Waals surface area contributed by atoms with Crippen molar-refractivity contribution in [3.05, 3.63) is 65.0 Å². The van der Waals surface area contributed by atoms with Gasteiger partial charge in [0.05, 0.1) is 18.5 Å². The van der Waals surface area contributed by atoms with Gasteiger partial charge in [0.25, 0.3) is 0 Å². The number of carbonyl (C=O) groups excluding carboxylic acids is 1. The summed E-state index contributed by atoms with van der Waals surface area (Å²) in [5.41, 5.74) is 0.465. The van der Waals surface area contributed by atoms with Crippen LogP contribution in [0.15, 0.2) is 47.0 Å². The second kappa shape index (κ2) is 8.98. The molecule has 164 valence electrons. The Morgan fingerprint density at radius 3 is 2.48 bits per heavy atom. The van der Waals surface area contributed by atoms with Crippen LogP contribution in [0.25, 0.3) is 11.4 Å². The predicted octanol–water partition coefficient (Wildman–Crippen LogP) is 3.14. The smallest absolute Gasteiger partial charge is 0.246 e. The van der Waals surface area contributed by atoms with Crippen LogP contribution in [0.1, 0.15) is 12.8 Å². The predicted molar refractivity (Wildman–Crippen MR) is 110 cm³/mol. The summed E-state index contributed by atoms with van der Waals surface area (Å²) in [4.78, 5) is 16.7. The van der Waals surface area contributed by atoms with Crippen LogP contribution in [0.2, 0.25) is 5.02 Å². The van der Waals surface area contributed by atoms with Gasteiger partial charge in [-0.1, -0.05) is 16.8 Å². The average molecular weight is 471 g/mol. The Hall–Kier alpha value is -3.05. The van der Waals surface area contributed by atoms with E-state index in [1.165, 1.54) is 6.92 Å². The molecule has 3 aromatic rings. The molecule has 12 heteroatoms. The van der Waals surface area contributed by atoms with Gasteiger partial charge in [0, 0.05) is 16.7 Å². The number of benzene rings is 2. The number of hydrogen-bond donors (Lipinski definition) is 1. The number of rotatable bonds is 7. The highest BCUT2D eigenvalue weighted by molar-refractivity contribution is 7.92. The number of carbonyl (C=O) groups is 1. The van der Waals surface area contributed by atoms with E-state index in [0.717, 1.165) is 18.4 Å². The quantitative estimate of drug-likeness (QED) is 0.568. The molecule has 0 saturated heterocycles. The number of aromatic nitrogens is 2. The highest BCUT2D eigenvalue weighted by atomic mass is 35.5. The molecule has 0 saturated carbocycles. The van der Waals surface area contributed by atoms with E-state index in [-0.39, 0.29) is 23.9 Å². The van der Waals surface area contributed by atoms with Crippen LogP contribution < -0.4 is 9.62 Å². The van der Waals surface area contributed by atoms with Crippen molar-refractivity contribution in [2.45, 2.75) is 19.5 Å². The van der Waals surface area contributed by atoms with Crippen LogP contribution in [-0.4, -0.2) is 36.8 Å². The lowest BCUT2D eigenvalue weighted by atomic mass is 10.2. The van der Waals surface area contributed by atoms with Crippen molar-refractivity contribution in [1.82, 2.24) is 15.5 Å². The van der Waals surface area contributed by atoms with Gasteiger partial charge >= 0.3 is 0 Å². The molecule has 1 N–H and O–H groups in total. The number of sulfonamides is 1. The molecule has 3 rings (SSSR count). The van der Waals surface area contributed by atoms with Gasteiger partial charge in [0.15, 0.2) is 11.6 Å². The Morgan fingerprint density at radius 2 is 1.87 bits per heavy atom. The van der Waals surface area contributed by atoms with Crippen molar-refractivity contribution in [2.24, 2.45) is 0 Å². The summed E-state index contributed by atoms with van der Waals surface area (Å²) in [6.45, 7) is 1.14. The second-order valence-corrected chi connectivity index (χ2v) is 8.87. The number of amides is 1. The lowest BCUT2D eigenvalue weighted by molar-refractivity contribution is -0.122. The topological polar surface area (TPSA) is 105 Å². The molecule has 1 amide bonds. The van der Waals surface area contributed by atoms with Gasteiger partial charge in [-0.3, -0.25) is 9.10 Å². The monoisotopic (exact) mass is 470 g/mol. The largest absolute Gasteiger partial charge is 0.345 e. The lowest BCUT2D eigenvalue weighted by Gasteiger charge is -2.28. The molecule has 31 heavy (non-hydrogen) atoms. The SMILES string of the molecule is C[C@@H](C(=O)NCc1nc(-c2ccc(Cl)cc2)no1)N(c1ccc(F)c(F)c1)S(C)(=O)=O. The van der Waals surface area contributed by atoms with Gasteiger partial charge in [-0.15, -0.1) is 0 Å². The van der Waals surface area contributed by atoms with Crippen molar-refractivity contribution in [1.29, 1.82) is 0 Å². The van der Waals surface area contributed by atoms with Crippen LogP contribution in [0.3, 0.4) is 0 Å². The number of hydrogen-bond acceptors (Lipinski definition) is 6. The van der Waals surface area contributed by atoms with Crippen LogP contribution in [0.4, 0.5) is 14.5 Å². The third-order valence-corrected chi connectivity index (χ3v) is 5.72. The van der Waals surface area contributed by atoms with Crippen molar-refractivity contribution in [3.63, 3.8) is 0 Å². The van der Waals surface area contributed by atoms with Crippen LogP contribution in [-0.2, 0) is 21.4 Å². The van der Waals surface area contributed by atoms with Gasteiger partial charge in [0.1, 0.15) is 6.04 Å². The summed E-state index contributed by atoms with van der Waals surface area (Å²) in [6, 6.07) is 8.01. The second-order valence-electron chi connectivity index (χ2n) is 6.57. The number of halogens is 3. The van der Waals surface area contributed by atoms with E-state index in [1.807, 2.05) is 0 Å². The molecular formula is C19H17ClF2N4O4S. The minimum atomic E-state index is -3.99. The molecule has 0 radical (unpaired) electrons. The Morgan fingerprint density at radius 1 is 1.19 bits per heavy atom. The first kappa shape index (κ1) is 22.6. The normalized spacial score (nSPS) is 12.4. The van der Waals surface area contributed by atoms with Gasteiger partial charge in [-0.2, -0.15) is 4.98 Å². The number of nitrogens with zero attached hydrogens (tertiary/aromatic N) is 3. The first-order valence-electron chi connectivity index (χ1n) is 8.87. The summed E-state index contributed by atoms with van der Waals surface area (Å²) < 4.78 is 57.0. The Balaban J connectivity index is 1.72. The van der Waals surface area contributed by atoms with Crippen molar-refractivity contribution in [3.8, 4) is 11.4 Å². The van der Waals surface area contributed by atoms with Crippen molar-refractivity contribution in [2.75, 3.05) is 10.6 Å². The summed E-state index contributed by atoms with van der Waals surface area (Å²) in [6.07, 6.45) is 0.856. The minimum Gasteiger partial charge on any atom is -0.345 e. The van der Waals surface area contributed by atoms with Gasteiger partial charge < -0.3 is 9.84 Å². The molecule has 0 aliphatic rings. The van der Waals surface area contributed by atoms with Gasteiger partial charge in [-0.05, 0) is 43.3 Å². The van der Waals surface area contributed by atoms with Crippen LogP contribution in [0, 0.1) is 11.6 Å². The molecule has 1 atom stereocenters. The summed E-state index contributed by atoms with van der Waals surface area (Å²) in [5.74, 6) is -2.71. The third-order valence-electron chi connectivity index (χ3n) is 4.23. The molecule has 1 heterocycles. The zero-order chi connectivity index (χ0) is 22.8. The minimum absolute atomic E-state index is 0.0873.